The van der Waals surface area contributed by atoms with Gasteiger partial charge in [0, 0.05) is 22.7 Å². The van der Waals surface area contributed by atoms with E-state index in [-0.39, 0.29) is 56.1 Å². The Bertz CT molecular complexity index is 2280. The molecule has 16 nitrogen and oxygen atoms in total. The minimum Gasteiger partial charge on any atom is -0.507 e. The summed E-state index contributed by atoms with van der Waals surface area (Å²) in [4.78, 5) is 35.4. The van der Waals surface area contributed by atoms with Gasteiger partial charge in [-0.05, 0) is 65.5 Å². The predicted octanol–water partition coefficient (Wildman–Crippen LogP) is 4.31. The van der Waals surface area contributed by atoms with Crippen molar-refractivity contribution in [1.82, 2.24) is 15.0 Å². The molecule has 0 bridgehead atoms. The smallest absolute Gasteiger partial charge is 0.337 e. The Labute approximate surface area is 264 Å². The van der Waals surface area contributed by atoms with Gasteiger partial charge in [0.25, 0.3) is 26.1 Å². The highest BCUT2D eigenvalue weighted by atomic mass is 35.5. The van der Waals surface area contributed by atoms with Gasteiger partial charge in [-0.15, -0.1) is 0 Å². The maximum absolute atomic E-state index is 13.3. The van der Waals surface area contributed by atoms with E-state index in [9.17, 15) is 45.7 Å². The van der Waals surface area contributed by atoms with Gasteiger partial charge >= 0.3 is 5.97 Å². The molecule has 19 heteroatoms. The van der Waals surface area contributed by atoms with Crippen molar-refractivity contribution in [2.24, 2.45) is 0 Å². The first-order valence-electron chi connectivity index (χ1n) is 12.5. The van der Waals surface area contributed by atoms with Gasteiger partial charge in [-0.2, -0.15) is 31.8 Å². The highest BCUT2D eigenvalue weighted by molar-refractivity contribution is 7.86. The summed E-state index contributed by atoms with van der Waals surface area (Å²) in [5, 5.41) is 27.3. The standard InChI is InChI=1S/C27H19ClN6O10S2/c28-25-32-26(34-27(33-25)31-19-7-2-1-6-18(19)24(37)38)29-15-5-3-4-13(8-15)23(36)30-20-11-16(45(39,40)41)9-14-10-17(46(42,43)44)12-21(35)22(14)20/h1-12,35H,(H,30,36)(H,37,38)(H,39,40,41)(H,42,43,44)(H2,29,31,32,33,34). The zero-order chi connectivity index (χ0) is 33.4. The number of aromatic nitrogens is 3. The van der Waals surface area contributed by atoms with Crippen LogP contribution in [0.1, 0.15) is 20.7 Å². The van der Waals surface area contributed by atoms with Crippen molar-refractivity contribution >= 4 is 83.4 Å². The van der Waals surface area contributed by atoms with Crippen molar-refractivity contribution in [3.05, 3.63) is 89.2 Å². The molecule has 5 rings (SSSR count). The van der Waals surface area contributed by atoms with Crippen LogP contribution in [0.25, 0.3) is 10.8 Å². The van der Waals surface area contributed by atoms with Crippen LogP contribution >= 0.6 is 11.6 Å². The van der Waals surface area contributed by atoms with Crippen molar-refractivity contribution < 1.29 is 45.7 Å². The Kier molecular flexibility index (Phi) is 8.48. The van der Waals surface area contributed by atoms with E-state index in [1.54, 1.807) is 18.2 Å². The summed E-state index contributed by atoms with van der Waals surface area (Å²) in [6.07, 6.45) is 0. The zero-order valence-electron chi connectivity index (χ0n) is 22.7. The quantitative estimate of drug-likeness (QED) is 0.107. The van der Waals surface area contributed by atoms with Crippen LogP contribution in [-0.4, -0.2) is 63.0 Å². The molecule has 4 aromatic carbocycles. The first-order chi connectivity index (χ1) is 21.6. The van der Waals surface area contributed by atoms with E-state index in [0.29, 0.717) is 6.07 Å². The summed E-state index contributed by atoms with van der Waals surface area (Å²) in [6, 6.07) is 15.0. The fourth-order valence-electron chi connectivity index (χ4n) is 4.26. The molecule has 1 heterocycles. The second-order valence-corrected chi connectivity index (χ2v) is 12.5. The van der Waals surface area contributed by atoms with Crippen LogP contribution in [0.2, 0.25) is 5.28 Å². The number of benzene rings is 4. The number of nitrogens with one attached hydrogen (secondary N) is 3. The van der Waals surface area contributed by atoms with Gasteiger partial charge in [-0.3, -0.25) is 13.9 Å². The third-order valence-corrected chi connectivity index (χ3v) is 8.04. The first kappa shape index (κ1) is 32.0. The molecule has 0 fully saturated rings. The number of halogens is 1. The van der Waals surface area contributed by atoms with Crippen LogP contribution in [0, 0.1) is 0 Å². The lowest BCUT2D eigenvalue weighted by Gasteiger charge is -2.14. The SMILES string of the molecule is O=C(Nc1cc(S(=O)(=O)O)cc2cc(S(=O)(=O)O)cc(O)c12)c1cccc(Nc2nc(Cl)nc(Nc3ccccc3C(=O)O)n2)c1. The molecule has 0 spiro atoms. The van der Waals surface area contributed by atoms with Crippen molar-refractivity contribution in [3.63, 3.8) is 0 Å². The Balaban J connectivity index is 1.45. The lowest BCUT2D eigenvalue weighted by Crippen LogP contribution is -2.13. The minimum absolute atomic E-state index is 0.00154. The molecule has 46 heavy (non-hydrogen) atoms. The molecule has 7 N–H and O–H groups in total. The molecule has 5 aromatic rings. The van der Waals surface area contributed by atoms with E-state index in [0.717, 1.165) is 18.2 Å². The number of phenolic OH excluding ortho intramolecular Hbond substituents is 1. The number of nitrogens with zero attached hydrogens (tertiary/aromatic N) is 3. The number of fused-ring (bicyclic) bond motifs is 1. The summed E-state index contributed by atoms with van der Waals surface area (Å²) >= 11 is 6.05. The number of aromatic hydroxyl groups is 1. The summed E-state index contributed by atoms with van der Waals surface area (Å²) in [5.74, 6) is -2.91. The normalized spacial score (nSPS) is 11.6. The Hall–Kier alpha value is -5.40. The number of hydrogen-bond acceptors (Lipinski definition) is 12. The number of rotatable bonds is 9. The highest BCUT2D eigenvalue weighted by Crippen LogP contribution is 2.37. The zero-order valence-corrected chi connectivity index (χ0v) is 25.1. The number of anilines is 5. The van der Waals surface area contributed by atoms with E-state index in [1.165, 1.54) is 30.3 Å². The first-order valence-corrected chi connectivity index (χ1v) is 15.8. The third kappa shape index (κ3) is 7.11. The van der Waals surface area contributed by atoms with Crippen molar-refractivity contribution in [2.75, 3.05) is 16.0 Å². The van der Waals surface area contributed by atoms with E-state index >= 15 is 0 Å². The second-order valence-electron chi connectivity index (χ2n) is 9.35. The average molecular weight is 687 g/mol. The van der Waals surface area contributed by atoms with Crippen LogP contribution in [0.5, 0.6) is 5.75 Å². The van der Waals surface area contributed by atoms with E-state index in [2.05, 4.69) is 30.9 Å². The monoisotopic (exact) mass is 686 g/mol. The molecule has 0 aliphatic carbocycles. The number of carbonyl (C=O) groups excluding carboxylic acids is 1. The third-order valence-electron chi connectivity index (χ3n) is 6.21. The van der Waals surface area contributed by atoms with E-state index < -0.39 is 47.7 Å². The van der Waals surface area contributed by atoms with Gasteiger partial charge < -0.3 is 26.2 Å². The molecular formula is C27H19ClN6O10S2. The van der Waals surface area contributed by atoms with Gasteiger partial charge in [-0.25, -0.2) is 4.79 Å². The Morgan fingerprint density at radius 3 is 2.02 bits per heavy atom. The summed E-state index contributed by atoms with van der Waals surface area (Å²) in [6.45, 7) is 0. The van der Waals surface area contributed by atoms with Crippen LogP contribution in [0.3, 0.4) is 0 Å². The molecule has 1 aromatic heterocycles. The van der Waals surface area contributed by atoms with Crippen LogP contribution < -0.4 is 16.0 Å². The highest BCUT2D eigenvalue weighted by Gasteiger charge is 2.21. The number of amides is 1. The van der Waals surface area contributed by atoms with Crippen molar-refractivity contribution in [1.29, 1.82) is 0 Å². The second kappa shape index (κ2) is 12.2. The Morgan fingerprint density at radius 2 is 1.37 bits per heavy atom. The fourth-order valence-corrected chi connectivity index (χ4v) is 5.50. The number of phenols is 1. The molecule has 0 aliphatic heterocycles. The minimum atomic E-state index is -4.87. The average Bonchev–Trinajstić information content (AvgIpc) is 2.96. The maximum Gasteiger partial charge on any atom is 0.337 e. The van der Waals surface area contributed by atoms with Gasteiger partial charge in [0.1, 0.15) is 5.75 Å². The van der Waals surface area contributed by atoms with Crippen LogP contribution in [-0.2, 0) is 20.2 Å². The molecule has 0 radical (unpaired) electrons. The molecule has 0 saturated heterocycles. The fraction of sp³-hybridized carbons (Fsp3) is 0. The number of hydrogen-bond donors (Lipinski definition) is 7. The van der Waals surface area contributed by atoms with Gasteiger partial charge in [-0.1, -0.05) is 18.2 Å². The summed E-state index contributed by atoms with van der Waals surface area (Å²) in [5.41, 5.74) is 0.0962. The lowest BCUT2D eigenvalue weighted by molar-refractivity contribution is 0.0697. The molecule has 0 unspecified atom stereocenters. The van der Waals surface area contributed by atoms with E-state index in [4.69, 9.17) is 11.6 Å². The maximum atomic E-state index is 13.3. The number of carboxylic acids is 1. The van der Waals surface area contributed by atoms with Gasteiger partial charge in [0.2, 0.25) is 17.2 Å². The van der Waals surface area contributed by atoms with Gasteiger partial charge in [0.15, 0.2) is 0 Å². The molecule has 0 saturated carbocycles. The summed E-state index contributed by atoms with van der Waals surface area (Å²) < 4.78 is 66.1. The van der Waals surface area contributed by atoms with Crippen LogP contribution in [0.4, 0.5) is 29.0 Å². The number of para-hydroxylation sites is 1. The topological polar surface area (TPSA) is 258 Å². The summed E-state index contributed by atoms with van der Waals surface area (Å²) in [7, 11) is -9.69. The number of carbonyl (C=O) groups is 2. The molecular weight excluding hydrogens is 668 g/mol. The molecule has 0 atom stereocenters. The largest absolute Gasteiger partial charge is 0.507 e. The number of carboxylic acid groups (broad SMARTS) is 1. The van der Waals surface area contributed by atoms with E-state index in [1.807, 2.05) is 0 Å². The lowest BCUT2D eigenvalue weighted by atomic mass is 10.1. The molecule has 236 valence electrons. The van der Waals surface area contributed by atoms with Crippen molar-refractivity contribution in [3.8, 4) is 5.75 Å². The number of aromatic carboxylic acids is 1. The van der Waals surface area contributed by atoms with Crippen molar-refractivity contribution in [2.45, 2.75) is 9.79 Å². The molecule has 0 aliphatic rings. The Morgan fingerprint density at radius 1 is 0.739 bits per heavy atom. The molecule has 1 amide bonds. The van der Waals surface area contributed by atoms with Crippen LogP contribution in [0.15, 0.2) is 82.6 Å². The van der Waals surface area contributed by atoms with Gasteiger partial charge in [0.05, 0.1) is 26.7 Å². The predicted molar refractivity (Wildman–Crippen MR) is 164 cm³/mol.